The fourth-order valence-electron chi connectivity index (χ4n) is 2.82. The van der Waals surface area contributed by atoms with Crippen molar-refractivity contribution in [3.63, 3.8) is 0 Å². The number of ether oxygens (including phenoxy) is 1. The third kappa shape index (κ3) is 3.09. The normalized spacial score (nSPS) is 13.5. The summed E-state index contributed by atoms with van der Waals surface area (Å²) in [6.45, 7) is 0.447. The van der Waals surface area contributed by atoms with Gasteiger partial charge in [0.2, 0.25) is 0 Å². The molecule has 0 saturated heterocycles. The van der Waals surface area contributed by atoms with Crippen molar-refractivity contribution in [2.24, 2.45) is 0 Å². The highest BCUT2D eigenvalue weighted by Gasteiger charge is 2.30. The third-order valence-corrected chi connectivity index (χ3v) is 6.96. The van der Waals surface area contributed by atoms with Crippen LogP contribution < -0.4 is 14.8 Å². The van der Waals surface area contributed by atoms with Crippen molar-refractivity contribution in [1.82, 2.24) is 4.98 Å². The Kier molecular flexibility index (Phi) is 4.22. The summed E-state index contributed by atoms with van der Waals surface area (Å²) >= 11 is 1.35. The van der Waals surface area contributed by atoms with Gasteiger partial charge < -0.3 is 10.5 Å². The van der Waals surface area contributed by atoms with Crippen molar-refractivity contribution in [2.75, 3.05) is 23.2 Å². The van der Waals surface area contributed by atoms with Crippen LogP contribution in [-0.4, -0.2) is 26.6 Å². The average Bonchev–Trinajstić information content (AvgIpc) is 3.16. The first kappa shape index (κ1) is 17.3. The molecule has 0 spiro atoms. The number of hydrogen-bond acceptors (Lipinski definition) is 7. The maximum absolute atomic E-state index is 13.1. The van der Waals surface area contributed by atoms with Crippen molar-refractivity contribution in [2.45, 2.75) is 4.90 Å². The number of rotatable bonds is 3. The summed E-state index contributed by atoms with van der Waals surface area (Å²) in [6.07, 6.45) is 1.25. The second kappa shape index (κ2) is 6.57. The topological polar surface area (TPSA) is 109 Å². The van der Waals surface area contributed by atoms with E-state index in [1.807, 2.05) is 12.1 Å². The van der Waals surface area contributed by atoms with Crippen molar-refractivity contribution in [1.29, 1.82) is 5.26 Å². The molecule has 0 atom stereocenters. The molecule has 136 valence electrons. The number of hydrogen-bond donors (Lipinski definition) is 1. The number of thiophene rings is 1. The van der Waals surface area contributed by atoms with Crippen molar-refractivity contribution in [3.05, 3.63) is 53.5 Å². The number of anilines is 2. The van der Waals surface area contributed by atoms with Crippen LogP contribution in [0.15, 0.2) is 53.6 Å². The van der Waals surface area contributed by atoms with Gasteiger partial charge >= 0.3 is 0 Å². The molecule has 0 fully saturated rings. The van der Waals surface area contributed by atoms with Crippen LogP contribution in [0.1, 0.15) is 4.88 Å². The number of nitrogen functional groups attached to an aromatic ring is 1. The molecule has 1 aliphatic rings. The molecule has 0 bridgehead atoms. The van der Waals surface area contributed by atoms with Crippen molar-refractivity contribution in [3.8, 4) is 22.3 Å². The maximum atomic E-state index is 13.1. The fourth-order valence-corrected chi connectivity index (χ4v) is 5.02. The molecule has 7 nitrogen and oxygen atoms in total. The van der Waals surface area contributed by atoms with Gasteiger partial charge in [0.15, 0.2) is 0 Å². The zero-order valence-corrected chi connectivity index (χ0v) is 15.6. The average molecular weight is 398 g/mol. The number of aromatic nitrogens is 1. The number of nitriles is 1. The Bertz CT molecular complexity index is 1150. The van der Waals surface area contributed by atoms with Crippen LogP contribution in [0.2, 0.25) is 0 Å². The summed E-state index contributed by atoms with van der Waals surface area (Å²) in [5, 5.41) is 9.02. The molecule has 3 aromatic rings. The minimum atomic E-state index is -3.80. The second-order valence-electron chi connectivity index (χ2n) is 5.80. The van der Waals surface area contributed by atoms with E-state index in [-0.39, 0.29) is 23.9 Å². The van der Waals surface area contributed by atoms with Crippen LogP contribution in [0.5, 0.6) is 5.75 Å². The minimum Gasteiger partial charge on any atom is -0.489 e. The number of fused-ring (bicyclic) bond motifs is 1. The Labute approximate surface area is 160 Å². The molecule has 3 heterocycles. The Morgan fingerprint density at radius 3 is 2.78 bits per heavy atom. The first-order valence-corrected chi connectivity index (χ1v) is 10.3. The molecule has 0 aliphatic carbocycles. The zero-order valence-electron chi connectivity index (χ0n) is 14.0. The van der Waals surface area contributed by atoms with E-state index in [1.165, 1.54) is 34.0 Å². The molecule has 1 aromatic carbocycles. The number of nitrogens with zero attached hydrogens (tertiary/aromatic N) is 3. The van der Waals surface area contributed by atoms with Crippen LogP contribution in [-0.2, 0) is 10.0 Å². The Morgan fingerprint density at radius 2 is 2.07 bits per heavy atom. The summed E-state index contributed by atoms with van der Waals surface area (Å²) in [6, 6.07) is 14.0. The van der Waals surface area contributed by atoms with E-state index < -0.39 is 10.0 Å². The molecular weight excluding hydrogens is 384 g/mol. The molecular formula is C18H14N4O3S2. The van der Waals surface area contributed by atoms with E-state index in [2.05, 4.69) is 11.1 Å². The van der Waals surface area contributed by atoms with Gasteiger partial charge in [0, 0.05) is 11.1 Å². The number of benzene rings is 1. The molecule has 2 N–H and O–H groups in total. The van der Waals surface area contributed by atoms with E-state index >= 15 is 0 Å². The largest absolute Gasteiger partial charge is 0.489 e. The summed E-state index contributed by atoms with van der Waals surface area (Å²) < 4.78 is 33.2. The van der Waals surface area contributed by atoms with E-state index in [4.69, 9.17) is 15.7 Å². The summed E-state index contributed by atoms with van der Waals surface area (Å²) in [7, 11) is -3.80. The van der Waals surface area contributed by atoms with Crippen LogP contribution in [0.25, 0.3) is 10.4 Å². The molecule has 4 rings (SSSR count). The molecule has 27 heavy (non-hydrogen) atoms. The lowest BCUT2D eigenvalue weighted by Crippen LogP contribution is -2.38. The van der Waals surface area contributed by atoms with Crippen LogP contribution >= 0.6 is 11.3 Å². The third-order valence-electron chi connectivity index (χ3n) is 4.13. The Morgan fingerprint density at radius 1 is 1.22 bits per heavy atom. The van der Waals surface area contributed by atoms with Crippen molar-refractivity contribution >= 4 is 32.9 Å². The predicted molar refractivity (Wildman–Crippen MR) is 103 cm³/mol. The highest BCUT2D eigenvalue weighted by molar-refractivity contribution is 7.92. The number of nitrogens with two attached hydrogens (primary N) is 1. The highest BCUT2D eigenvalue weighted by Crippen LogP contribution is 2.39. The van der Waals surface area contributed by atoms with Gasteiger partial charge in [-0.1, -0.05) is 0 Å². The lowest BCUT2D eigenvalue weighted by Gasteiger charge is -2.30. The van der Waals surface area contributed by atoms with Gasteiger partial charge in [0.05, 0.1) is 12.2 Å². The van der Waals surface area contributed by atoms with Gasteiger partial charge in [-0.2, -0.15) is 5.26 Å². The van der Waals surface area contributed by atoms with Gasteiger partial charge in [0.25, 0.3) is 10.0 Å². The zero-order chi connectivity index (χ0) is 19.0. The summed E-state index contributed by atoms with van der Waals surface area (Å²) in [5.41, 5.74) is 6.84. The molecule has 0 saturated carbocycles. The first-order chi connectivity index (χ1) is 13.0. The van der Waals surface area contributed by atoms with Gasteiger partial charge in [-0.15, -0.1) is 11.3 Å². The lowest BCUT2D eigenvalue weighted by molar-refractivity contribution is 0.316. The van der Waals surface area contributed by atoms with Gasteiger partial charge in [-0.3, -0.25) is 4.31 Å². The summed E-state index contributed by atoms with van der Waals surface area (Å²) in [4.78, 5) is 5.43. The van der Waals surface area contributed by atoms with E-state index in [9.17, 15) is 8.42 Å². The molecule has 1 aliphatic heterocycles. The second-order valence-corrected chi connectivity index (χ2v) is 8.75. The van der Waals surface area contributed by atoms with Crippen LogP contribution in [0.3, 0.4) is 0 Å². The van der Waals surface area contributed by atoms with Crippen LogP contribution in [0, 0.1) is 11.3 Å². The number of pyridine rings is 1. The maximum Gasteiger partial charge on any atom is 0.266 e. The monoisotopic (exact) mass is 398 g/mol. The van der Waals surface area contributed by atoms with Gasteiger partial charge in [-0.25, -0.2) is 13.4 Å². The minimum absolute atomic E-state index is 0.0674. The molecule has 0 radical (unpaired) electrons. The van der Waals surface area contributed by atoms with E-state index in [0.717, 1.165) is 10.4 Å². The first-order valence-electron chi connectivity index (χ1n) is 8.00. The number of sulfonamides is 1. The van der Waals surface area contributed by atoms with Gasteiger partial charge in [0.1, 0.15) is 34.0 Å². The quantitative estimate of drug-likeness (QED) is 0.726. The lowest BCUT2D eigenvalue weighted by atomic mass is 10.1. The highest BCUT2D eigenvalue weighted by atomic mass is 32.2. The predicted octanol–water partition coefficient (Wildman–Crippen LogP) is 2.85. The Balaban J connectivity index is 1.79. The molecule has 9 heteroatoms. The standard InChI is InChI=1S/C18H14N4O3S2/c19-10-13-2-5-17(26-13)12-1-4-16-15(9-12)22(7-8-25-16)27(23,24)14-3-6-18(20)21-11-14/h1-6,9,11H,7-8H2,(H2,20,21). The van der Waals surface area contributed by atoms with E-state index in [0.29, 0.717) is 16.3 Å². The SMILES string of the molecule is N#Cc1ccc(-c2ccc3c(c2)N(S(=O)(=O)c2ccc(N)nc2)CCO3)s1. The Hall–Kier alpha value is -3.09. The molecule has 0 amide bonds. The van der Waals surface area contributed by atoms with Crippen molar-refractivity contribution < 1.29 is 13.2 Å². The fraction of sp³-hybridized carbons (Fsp3) is 0.111. The molecule has 0 unspecified atom stereocenters. The summed E-state index contributed by atoms with van der Waals surface area (Å²) in [5.74, 6) is 0.749. The smallest absolute Gasteiger partial charge is 0.266 e. The van der Waals surface area contributed by atoms with Crippen LogP contribution in [0.4, 0.5) is 11.5 Å². The van der Waals surface area contributed by atoms with Gasteiger partial charge in [-0.05, 0) is 48.0 Å². The molecule has 2 aromatic heterocycles. The van der Waals surface area contributed by atoms with E-state index in [1.54, 1.807) is 18.2 Å².